The first-order valence-electron chi connectivity index (χ1n) is 13.5. The van der Waals surface area contributed by atoms with Crippen LogP contribution in [0.1, 0.15) is 36.6 Å². The minimum atomic E-state index is -3.89. The summed E-state index contributed by atoms with van der Waals surface area (Å²) < 4.78 is 68.3. The molecule has 0 saturated heterocycles. The van der Waals surface area contributed by atoms with Crippen molar-refractivity contribution in [2.24, 2.45) is 0 Å². The van der Waals surface area contributed by atoms with Crippen LogP contribution in [-0.4, -0.2) is 59.2 Å². The molecule has 2 aromatic carbocycles. The topological polar surface area (TPSA) is 158 Å². The van der Waals surface area contributed by atoms with Gasteiger partial charge in [0.15, 0.2) is 21.3 Å². The van der Waals surface area contributed by atoms with Gasteiger partial charge in [-0.1, -0.05) is 23.7 Å². The van der Waals surface area contributed by atoms with Gasteiger partial charge in [0.25, 0.3) is 0 Å². The summed E-state index contributed by atoms with van der Waals surface area (Å²) in [5, 5.41) is 15.1. The highest BCUT2D eigenvalue weighted by Crippen LogP contribution is 2.47. The maximum atomic E-state index is 14.1. The van der Waals surface area contributed by atoms with Crippen LogP contribution in [0.3, 0.4) is 0 Å². The number of anilines is 3. The fourth-order valence-corrected chi connectivity index (χ4v) is 5.42. The summed E-state index contributed by atoms with van der Waals surface area (Å²) in [4.78, 5) is 16.6. The van der Waals surface area contributed by atoms with Gasteiger partial charge < -0.3 is 30.0 Å². The first-order chi connectivity index (χ1) is 21.4. The van der Waals surface area contributed by atoms with Crippen LogP contribution in [0.2, 0.25) is 10.3 Å². The molecule has 0 unspecified atom stereocenters. The molecule has 1 aliphatic heterocycles. The summed E-state index contributed by atoms with van der Waals surface area (Å²) >= 11 is 12.6. The van der Waals surface area contributed by atoms with Crippen molar-refractivity contribution in [1.29, 1.82) is 0 Å². The number of aliphatic hydroxyl groups excluding tert-OH is 1. The van der Waals surface area contributed by atoms with Gasteiger partial charge in [-0.15, -0.1) is 8.78 Å². The molecule has 12 nitrogen and oxygen atoms in total. The zero-order valence-corrected chi connectivity index (χ0v) is 25.8. The van der Waals surface area contributed by atoms with E-state index < -0.39 is 22.2 Å². The number of pyridine rings is 1. The Morgan fingerprint density at radius 3 is 2.60 bits per heavy atom. The molecule has 0 saturated carbocycles. The number of rotatable bonds is 13. The van der Waals surface area contributed by atoms with Gasteiger partial charge in [-0.3, -0.25) is 4.98 Å². The zero-order valence-electron chi connectivity index (χ0n) is 23.5. The number of benzene rings is 2. The average Bonchev–Trinajstić information content (AvgIpc) is 3.30. The number of nitrogens with one attached hydrogen (secondary N) is 2. The summed E-state index contributed by atoms with van der Waals surface area (Å²) in [7, 11) is -3.67. The van der Waals surface area contributed by atoms with Crippen molar-refractivity contribution >= 4 is 50.4 Å². The molecule has 4 aromatic rings. The lowest BCUT2D eigenvalue weighted by Gasteiger charge is -2.24. The third-order valence-electron chi connectivity index (χ3n) is 6.42. The van der Waals surface area contributed by atoms with Crippen molar-refractivity contribution in [1.82, 2.24) is 19.9 Å². The number of fused-ring (bicyclic) bond motifs is 1. The predicted octanol–water partition coefficient (Wildman–Crippen LogP) is 5.78. The number of hydrogen-bond acceptors (Lipinski definition) is 12. The molecule has 3 N–H and O–H groups in total. The fraction of sp³-hybridized carbons (Fsp3) is 0.286. The van der Waals surface area contributed by atoms with Gasteiger partial charge in [-0.05, 0) is 67.3 Å². The maximum Gasteiger partial charge on any atom is 0.586 e. The van der Waals surface area contributed by atoms with Gasteiger partial charge in [0.2, 0.25) is 11.2 Å². The molecule has 0 radical (unpaired) electrons. The van der Waals surface area contributed by atoms with E-state index in [1.807, 2.05) is 0 Å². The standard InChI is InChI=1S/C28H26Cl2F2N6O6S/c1-45(40,41)16-10-11-19(20(15-16)35-26-36-25(30)37-27(38-26)42-14-4-2-3-13-39)34-22(23-18(29)8-6-12-33-23)17-7-5-9-21-24(17)44-28(31,32)43-21/h5-12,15,22,34,39H,2-4,13-14H2,1H3,(H,35,36,37,38)/t22-/m0/s1. The number of alkyl halides is 2. The summed E-state index contributed by atoms with van der Waals surface area (Å²) in [6.45, 7) is 0.330. The van der Waals surface area contributed by atoms with E-state index in [1.165, 1.54) is 36.5 Å². The third kappa shape index (κ3) is 7.97. The fourth-order valence-electron chi connectivity index (χ4n) is 4.39. The lowest BCUT2D eigenvalue weighted by atomic mass is 10.0. The number of nitrogens with zero attached hydrogens (tertiary/aromatic N) is 4. The number of hydrogen-bond donors (Lipinski definition) is 3. The Morgan fingerprint density at radius 1 is 1.02 bits per heavy atom. The Labute approximate surface area is 266 Å². The van der Waals surface area contributed by atoms with E-state index in [0.717, 1.165) is 12.7 Å². The van der Waals surface area contributed by atoms with Crippen molar-refractivity contribution in [3.05, 3.63) is 76.3 Å². The molecule has 0 bridgehead atoms. The van der Waals surface area contributed by atoms with Crippen LogP contribution in [-0.2, 0) is 9.84 Å². The van der Waals surface area contributed by atoms with Crippen molar-refractivity contribution in [3.63, 3.8) is 0 Å². The summed E-state index contributed by atoms with van der Waals surface area (Å²) in [6, 6.07) is 10.7. The number of halogens is 4. The van der Waals surface area contributed by atoms with E-state index in [1.54, 1.807) is 18.2 Å². The Balaban J connectivity index is 1.54. The first kappa shape index (κ1) is 32.3. The molecule has 0 spiro atoms. The van der Waals surface area contributed by atoms with E-state index in [-0.39, 0.29) is 74.5 Å². The summed E-state index contributed by atoms with van der Waals surface area (Å²) in [5.41, 5.74) is 0.912. The minimum absolute atomic E-state index is 0.0412. The highest BCUT2D eigenvalue weighted by Gasteiger charge is 2.45. The molecule has 5 rings (SSSR count). The second-order valence-corrected chi connectivity index (χ2v) is 12.5. The molecule has 1 atom stereocenters. The maximum absolute atomic E-state index is 14.1. The van der Waals surface area contributed by atoms with Crippen LogP contribution < -0.4 is 24.8 Å². The highest BCUT2D eigenvalue weighted by molar-refractivity contribution is 7.90. The van der Waals surface area contributed by atoms with E-state index in [4.69, 9.17) is 37.8 Å². The molecular weight excluding hydrogens is 657 g/mol. The minimum Gasteiger partial charge on any atom is -0.463 e. The van der Waals surface area contributed by atoms with Crippen molar-refractivity contribution in [2.75, 3.05) is 30.1 Å². The van der Waals surface area contributed by atoms with Gasteiger partial charge in [-0.25, -0.2) is 8.42 Å². The largest absolute Gasteiger partial charge is 0.586 e. The van der Waals surface area contributed by atoms with Crippen molar-refractivity contribution in [3.8, 4) is 17.5 Å². The van der Waals surface area contributed by atoms with Crippen LogP contribution in [0.4, 0.5) is 26.1 Å². The number of unbranched alkanes of at least 4 members (excludes halogenated alkanes) is 2. The van der Waals surface area contributed by atoms with Crippen molar-refractivity contribution < 1.29 is 36.5 Å². The number of para-hydroxylation sites is 1. The number of sulfone groups is 1. The Morgan fingerprint density at radius 2 is 1.84 bits per heavy atom. The quantitative estimate of drug-likeness (QED) is 0.146. The summed E-state index contributed by atoms with van der Waals surface area (Å²) in [5.74, 6) is -0.488. The predicted molar refractivity (Wildman–Crippen MR) is 161 cm³/mol. The van der Waals surface area contributed by atoms with Gasteiger partial charge in [0.05, 0.1) is 39.6 Å². The van der Waals surface area contributed by atoms with E-state index in [9.17, 15) is 17.2 Å². The molecule has 17 heteroatoms. The molecule has 238 valence electrons. The van der Waals surface area contributed by atoms with Crippen LogP contribution in [0.25, 0.3) is 0 Å². The highest BCUT2D eigenvalue weighted by atomic mass is 35.5. The molecule has 45 heavy (non-hydrogen) atoms. The van der Waals surface area contributed by atoms with E-state index in [0.29, 0.717) is 12.8 Å². The number of ether oxygens (including phenoxy) is 3. The molecule has 1 aliphatic rings. The second kappa shape index (κ2) is 13.5. The molecule has 0 amide bonds. The molecule has 0 aliphatic carbocycles. The number of aliphatic hydroxyl groups is 1. The third-order valence-corrected chi connectivity index (χ3v) is 8.02. The normalized spacial score (nSPS) is 14.2. The van der Waals surface area contributed by atoms with E-state index >= 15 is 0 Å². The number of aromatic nitrogens is 4. The van der Waals surface area contributed by atoms with Crippen LogP contribution in [0.5, 0.6) is 17.5 Å². The Bertz CT molecular complexity index is 1800. The molecule has 2 aromatic heterocycles. The van der Waals surface area contributed by atoms with Crippen LogP contribution in [0, 0.1) is 0 Å². The van der Waals surface area contributed by atoms with Crippen LogP contribution in [0.15, 0.2) is 59.6 Å². The molecule has 0 fully saturated rings. The molecule has 3 heterocycles. The Hall–Kier alpha value is -4.05. The monoisotopic (exact) mass is 682 g/mol. The molecular formula is C28H26Cl2F2N6O6S. The second-order valence-electron chi connectivity index (χ2n) is 9.74. The smallest absolute Gasteiger partial charge is 0.463 e. The Kier molecular flexibility index (Phi) is 9.72. The van der Waals surface area contributed by atoms with Gasteiger partial charge in [0.1, 0.15) is 0 Å². The summed E-state index contributed by atoms with van der Waals surface area (Å²) in [6.07, 6.45) is 0.626. The van der Waals surface area contributed by atoms with Gasteiger partial charge in [0, 0.05) is 24.6 Å². The average molecular weight is 684 g/mol. The zero-order chi connectivity index (χ0) is 32.2. The van der Waals surface area contributed by atoms with Gasteiger partial charge in [-0.2, -0.15) is 15.0 Å². The van der Waals surface area contributed by atoms with E-state index in [2.05, 4.69) is 35.3 Å². The van der Waals surface area contributed by atoms with Crippen LogP contribution >= 0.6 is 23.2 Å². The lowest BCUT2D eigenvalue weighted by molar-refractivity contribution is -0.287. The van der Waals surface area contributed by atoms with Gasteiger partial charge >= 0.3 is 12.3 Å². The van der Waals surface area contributed by atoms with Crippen molar-refractivity contribution in [2.45, 2.75) is 36.5 Å². The SMILES string of the molecule is CS(=O)(=O)c1ccc(N[C@@H](c2cccc3c2OC(F)(F)O3)c2ncccc2Cl)c(Nc2nc(Cl)nc(OCCCCCO)n2)c1. The first-order valence-corrected chi connectivity index (χ1v) is 16.1. The lowest BCUT2D eigenvalue weighted by Crippen LogP contribution is -2.26.